The molecule has 28 heavy (non-hydrogen) atoms. The largest absolute Gasteiger partial charge is 0.493 e. The first-order chi connectivity index (χ1) is 13.5. The molecule has 1 atom stereocenters. The van der Waals surface area contributed by atoms with Crippen LogP contribution in [0.25, 0.3) is 22.8 Å². The van der Waals surface area contributed by atoms with E-state index in [0.717, 1.165) is 28.5 Å². The van der Waals surface area contributed by atoms with E-state index < -0.39 is 6.29 Å². The van der Waals surface area contributed by atoms with Gasteiger partial charge in [-0.15, -0.1) is 0 Å². The number of aliphatic hydroxyl groups excluding tert-OH is 1. The summed E-state index contributed by atoms with van der Waals surface area (Å²) in [5.41, 5.74) is 4.22. The van der Waals surface area contributed by atoms with Gasteiger partial charge in [-0.1, -0.05) is 0 Å². The topological polar surface area (TPSA) is 50.3 Å². The lowest BCUT2D eigenvalue weighted by atomic mass is 10.1. The summed E-state index contributed by atoms with van der Waals surface area (Å²) < 4.78 is 17.2. The summed E-state index contributed by atoms with van der Waals surface area (Å²) in [6.45, 7) is 0.365. The molecule has 0 radical (unpaired) electrons. The number of aryl methyl sites for hydroxylation is 2. The lowest BCUT2D eigenvalue weighted by molar-refractivity contribution is -0.697. The molecular formula is C22H28N3O3+3. The van der Waals surface area contributed by atoms with Crippen molar-refractivity contribution in [3.63, 3.8) is 0 Å². The summed E-state index contributed by atoms with van der Waals surface area (Å²) in [6, 6.07) is 16.3. The lowest BCUT2D eigenvalue weighted by Gasteiger charge is -2.11. The highest BCUT2D eigenvalue weighted by atomic mass is 16.6. The van der Waals surface area contributed by atoms with Crippen LogP contribution in [0.5, 0.6) is 5.75 Å². The minimum Gasteiger partial charge on any atom is -0.493 e. The van der Waals surface area contributed by atoms with Gasteiger partial charge >= 0.3 is 0 Å². The molecular weight excluding hydrogens is 354 g/mol. The van der Waals surface area contributed by atoms with Gasteiger partial charge in [-0.3, -0.25) is 0 Å². The standard InChI is InChI=1S/C22H28N3O3/c1-23-12-7-5-9-18(23)20-15-17(28-14-11-22(26)27-4)16-21(25(20)3)19-10-6-8-13-24(19)2/h5-10,12-13,15-16,22,26H,11,14H2,1-4H3/q+3. The third kappa shape index (κ3) is 4.35. The van der Waals surface area contributed by atoms with Gasteiger partial charge in [0.25, 0.3) is 22.8 Å². The van der Waals surface area contributed by atoms with E-state index in [0.29, 0.717) is 13.0 Å². The lowest BCUT2D eigenvalue weighted by Crippen LogP contribution is -2.42. The molecule has 3 heterocycles. The van der Waals surface area contributed by atoms with Crippen molar-refractivity contribution in [1.29, 1.82) is 0 Å². The maximum atomic E-state index is 9.61. The van der Waals surface area contributed by atoms with E-state index in [1.165, 1.54) is 7.11 Å². The summed E-state index contributed by atoms with van der Waals surface area (Å²) >= 11 is 0. The second kappa shape index (κ2) is 8.91. The Bertz CT molecular complexity index is 893. The van der Waals surface area contributed by atoms with Crippen LogP contribution >= 0.6 is 0 Å². The highest BCUT2D eigenvalue weighted by Crippen LogP contribution is 2.24. The van der Waals surface area contributed by atoms with Crippen LogP contribution in [0.1, 0.15) is 6.42 Å². The third-order valence-electron chi connectivity index (χ3n) is 4.82. The zero-order valence-electron chi connectivity index (χ0n) is 16.9. The molecule has 0 aliphatic carbocycles. The Hall–Kier alpha value is -2.83. The van der Waals surface area contributed by atoms with E-state index in [4.69, 9.17) is 9.47 Å². The van der Waals surface area contributed by atoms with Gasteiger partial charge in [0.1, 0.15) is 26.9 Å². The fourth-order valence-corrected chi connectivity index (χ4v) is 3.18. The molecule has 146 valence electrons. The Morgan fingerprint density at radius 3 is 1.86 bits per heavy atom. The van der Waals surface area contributed by atoms with Crippen LogP contribution in [-0.4, -0.2) is 25.1 Å². The number of methoxy groups -OCH3 is 1. The fraction of sp³-hybridized carbons (Fsp3) is 0.318. The van der Waals surface area contributed by atoms with Gasteiger partial charge in [0.2, 0.25) is 0 Å². The van der Waals surface area contributed by atoms with E-state index in [2.05, 4.69) is 32.9 Å². The van der Waals surface area contributed by atoms with Crippen LogP contribution in [0.3, 0.4) is 0 Å². The van der Waals surface area contributed by atoms with Crippen LogP contribution in [0.2, 0.25) is 0 Å². The van der Waals surface area contributed by atoms with Crippen molar-refractivity contribution in [2.24, 2.45) is 21.1 Å². The Balaban J connectivity index is 2.08. The van der Waals surface area contributed by atoms with E-state index >= 15 is 0 Å². The quantitative estimate of drug-likeness (QED) is 0.494. The monoisotopic (exact) mass is 382 g/mol. The number of pyridine rings is 3. The predicted molar refractivity (Wildman–Crippen MR) is 104 cm³/mol. The summed E-state index contributed by atoms with van der Waals surface area (Å²) in [7, 11) is 7.59. The molecule has 0 saturated heterocycles. The van der Waals surface area contributed by atoms with Crippen molar-refractivity contribution in [2.45, 2.75) is 12.7 Å². The number of hydrogen-bond donors (Lipinski definition) is 1. The maximum Gasteiger partial charge on any atom is 0.281 e. The SMILES string of the molecule is COC(O)CCOc1cc(-c2cccc[n+]2C)[n+](C)c(-c2cccc[n+]2C)c1. The fourth-order valence-electron chi connectivity index (χ4n) is 3.18. The van der Waals surface area contributed by atoms with Gasteiger partial charge in [-0.05, 0) is 12.1 Å². The smallest absolute Gasteiger partial charge is 0.281 e. The van der Waals surface area contributed by atoms with Crippen LogP contribution < -0.4 is 18.4 Å². The van der Waals surface area contributed by atoms with E-state index in [1.54, 1.807) is 0 Å². The zero-order chi connectivity index (χ0) is 20.1. The molecule has 0 bridgehead atoms. The Morgan fingerprint density at radius 1 is 0.857 bits per heavy atom. The second-order valence-corrected chi connectivity index (χ2v) is 6.74. The van der Waals surface area contributed by atoms with Crippen molar-refractivity contribution >= 4 is 0 Å². The summed E-state index contributed by atoms with van der Waals surface area (Å²) in [5.74, 6) is 0.749. The van der Waals surface area contributed by atoms with Crippen LogP contribution in [0.4, 0.5) is 0 Å². The van der Waals surface area contributed by atoms with Gasteiger partial charge in [0.05, 0.1) is 18.7 Å². The molecule has 1 unspecified atom stereocenters. The normalized spacial score (nSPS) is 12.0. The molecule has 3 rings (SSSR count). The van der Waals surface area contributed by atoms with Gasteiger partial charge in [0, 0.05) is 37.8 Å². The first-order valence-electron chi connectivity index (χ1n) is 9.29. The second-order valence-electron chi connectivity index (χ2n) is 6.74. The number of rotatable bonds is 7. The van der Waals surface area contributed by atoms with Crippen LogP contribution in [0.15, 0.2) is 60.9 Å². The van der Waals surface area contributed by atoms with Crippen molar-refractivity contribution in [3.8, 4) is 28.5 Å². The molecule has 0 spiro atoms. The predicted octanol–water partition coefficient (Wildman–Crippen LogP) is 1.23. The Kier molecular flexibility index (Phi) is 6.34. The average molecular weight is 382 g/mol. The first kappa shape index (κ1) is 19.9. The number of nitrogens with zero attached hydrogens (tertiary/aromatic N) is 3. The summed E-state index contributed by atoms with van der Waals surface area (Å²) in [5, 5.41) is 9.61. The van der Waals surface area contributed by atoms with E-state index in [9.17, 15) is 5.11 Å². The highest BCUT2D eigenvalue weighted by Gasteiger charge is 2.28. The highest BCUT2D eigenvalue weighted by molar-refractivity contribution is 5.56. The molecule has 1 N–H and O–H groups in total. The van der Waals surface area contributed by atoms with Crippen molar-refractivity contribution in [3.05, 3.63) is 60.9 Å². The maximum absolute atomic E-state index is 9.61. The molecule has 3 aromatic heterocycles. The molecule has 6 heteroatoms. The third-order valence-corrected chi connectivity index (χ3v) is 4.82. The Labute approximate surface area is 165 Å². The molecule has 6 nitrogen and oxygen atoms in total. The minimum absolute atomic E-state index is 0.365. The van der Waals surface area contributed by atoms with Crippen LogP contribution in [-0.2, 0) is 25.9 Å². The first-order valence-corrected chi connectivity index (χ1v) is 9.29. The van der Waals surface area contributed by atoms with Gasteiger partial charge < -0.3 is 14.6 Å². The van der Waals surface area contributed by atoms with E-state index in [-0.39, 0.29) is 0 Å². The minimum atomic E-state index is -0.822. The molecule has 0 saturated carbocycles. The number of ether oxygens (including phenoxy) is 2. The number of aromatic nitrogens is 3. The molecule has 3 aromatic rings. The summed E-state index contributed by atoms with van der Waals surface area (Å²) in [6.07, 6.45) is 3.64. The molecule has 0 fully saturated rings. The van der Waals surface area contributed by atoms with Crippen molar-refractivity contribution in [1.82, 2.24) is 0 Å². The van der Waals surface area contributed by atoms with Crippen molar-refractivity contribution < 1.29 is 28.3 Å². The van der Waals surface area contributed by atoms with E-state index in [1.807, 2.05) is 62.9 Å². The number of aliphatic hydroxyl groups is 1. The van der Waals surface area contributed by atoms with Crippen LogP contribution in [0, 0.1) is 0 Å². The molecule has 0 aliphatic heterocycles. The van der Waals surface area contributed by atoms with Crippen molar-refractivity contribution in [2.75, 3.05) is 13.7 Å². The van der Waals surface area contributed by atoms with Gasteiger partial charge in [0.15, 0.2) is 18.7 Å². The average Bonchev–Trinajstić information content (AvgIpc) is 2.70. The number of hydrogen-bond acceptors (Lipinski definition) is 3. The molecule has 0 amide bonds. The molecule has 0 aliphatic rings. The summed E-state index contributed by atoms with van der Waals surface area (Å²) in [4.78, 5) is 0. The molecule has 0 aromatic carbocycles. The van der Waals surface area contributed by atoms with Gasteiger partial charge in [-0.25, -0.2) is 0 Å². The zero-order valence-corrected chi connectivity index (χ0v) is 16.9. The van der Waals surface area contributed by atoms with Gasteiger partial charge in [-0.2, -0.15) is 13.7 Å². The Morgan fingerprint density at radius 2 is 1.39 bits per heavy atom.